The van der Waals surface area contributed by atoms with Crippen LogP contribution in [0, 0.1) is 29.6 Å². The zero-order valence-corrected chi connectivity index (χ0v) is 16.8. The summed E-state index contributed by atoms with van der Waals surface area (Å²) in [5.74, 6) is -3.18. The number of carboxylic acids is 1. The van der Waals surface area contributed by atoms with E-state index in [2.05, 4.69) is 12.2 Å². The number of allylic oxidation sites excluding steroid dienone is 2. The van der Waals surface area contributed by atoms with Crippen LogP contribution in [0.3, 0.4) is 0 Å². The lowest BCUT2D eigenvalue weighted by molar-refractivity contribution is -0.313. The second-order valence-corrected chi connectivity index (χ2v) is 9.19. The van der Waals surface area contributed by atoms with E-state index >= 15 is 0 Å². The zero-order chi connectivity index (χ0) is 20.0. The number of fused-ring (bicyclic) bond motifs is 3. The molecule has 4 rings (SSSR count). The van der Waals surface area contributed by atoms with Crippen molar-refractivity contribution in [2.75, 3.05) is 11.9 Å². The van der Waals surface area contributed by atoms with Crippen LogP contribution in [0.5, 0.6) is 0 Å². The number of ether oxygens (including phenoxy) is 1. The SMILES string of the molecule is CCOC(=O)c1c(NC(=O)[C@H]2[C@H](C(=O)[O-])[C@H]3C=C[C@H]2C3)sc2c1C[C@@H](C)CC2. The average molecular weight is 402 g/mol. The van der Waals surface area contributed by atoms with Crippen LogP contribution in [0.1, 0.15) is 47.5 Å². The Labute approximate surface area is 168 Å². The Morgan fingerprint density at radius 1 is 1.25 bits per heavy atom. The van der Waals surface area contributed by atoms with E-state index in [1.54, 1.807) is 6.92 Å². The van der Waals surface area contributed by atoms with Crippen LogP contribution < -0.4 is 10.4 Å². The largest absolute Gasteiger partial charge is 0.550 e. The number of carbonyl (C=O) groups is 3. The quantitative estimate of drug-likeness (QED) is 0.602. The first kappa shape index (κ1) is 19.2. The fraction of sp³-hybridized carbons (Fsp3) is 0.571. The Hall–Kier alpha value is -2.15. The maximum Gasteiger partial charge on any atom is 0.341 e. The number of esters is 1. The van der Waals surface area contributed by atoms with Gasteiger partial charge in [0.25, 0.3) is 0 Å². The fourth-order valence-electron chi connectivity index (χ4n) is 4.96. The van der Waals surface area contributed by atoms with Gasteiger partial charge in [-0.15, -0.1) is 11.3 Å². The highest BCUT2D eigenvalue weighted by Crippen LogP contribution is 2.49. The van der Waals surface area contributed by atoms with Crippen molar-refractivity contribution in [2.24, 2.45) is 29.6 Å². The number of carboxylic acid groups (broad SMARTS) is 1. The predicted octanol–water partition coefficient (Wildman–Crippen LogP) is 2.18. The minimum Gasteiger partial charge on any atom is -0.550 e. The van der Waals surface area contributed by atoms with Gasteiger partial charge < -0.3 is 20.0 Å². The average Bonchev–Trinajstić information content (AvgIpc) is 3.33. The Morgan fingerprint density at radius 3 is 2.64 bits per heavy atom. The Balaban J connectivity index is 1.64. The minimum atomic E-state index is -1.18. The molecule has 2 bridgehead atoms. The number of anilines is 1. The molecule has 1 aromatic heterocycles. The first-order valence-electron chi connectivity index (χ1n) is 9.92. The van der Waals surface area contributed by atoms with Gasteiger partial charge in [0, 0.05) is 16.8 Å². The third-order valence-electron chi connectivity index (χ3n) is 6.26. The number of rotatable bonds is 5. The molecule has 0 unspecified atom stereocenters. The van der Waals surface area contributed by atoms with Crippen LogP contribution in [0.25, 0.3) is 0 Å². The van der Waals surface area contributed by atoms with Crippen molar-refractivity contribution in [1.29, 1.82) is 0 Å². The van der Waals surface area contributed by atoms with Gasteiger partial charge in [-0.3, -0.25) is 4.79 Å². The summed E-state index contributed by atoms with van der Waals surface area (Å²) in [4.78, 5) is 38.4. The number of hydrogen-bond acceptors (Lipinski definition) is 6. The van der Waals surface area contributed by atoms with E-state index in [-0.39, 0.29) is 24.3 Å². The lowest BCUT2D eigenvalue weighted by atomic mass is 9.82. The summed E-state index contributed by atoms with van der Waals surface area (Å²) in [5.41, 5.74) is 1.42. The molecule has 0 aliphatic heterocycles. The monoisotopic (exact) mass is 402 g/mol. The van der Waals surface area contributed by atoms with E-state index in [4.69, 9.17) is 4.74 Å². The van der Waals surface area contributed by atoms with Crippen LogP contribution >= 0.6 is 11.3 Å². The minimum absolute atomic E-state index is 0.0893. The zero-order valence-electron chi connectivity index (χ0n) is 16.0. The van der Waals surface area contributed by atoms with Crippen molar-refractivity contribution in [2.45, 2.75) is 39.5 Å². The maximum absolute atomic E-state index is 13.0. The molecular formula is C21H24NO5S-. The van der Waals surface area contributed by atoms with Crippen LogP contribution in [0.4, 0.5) is 5.00 Å². The van der Waals surface area contributed by atoms with Gasteiger partial charge in [-0.2, -0.15) is 0 Å². The molecule has 5 atom stereocenters. The molecule has 6 nitrogen and oxygen atoms in total. The number of nitrogens with one attached hydrogen (secondary N) is 1. The molecule has 3 aliphatic rings. The molecular weight excluding hydrogens is 378 g/mol. The van der Waals surface area contributed by atoms with E-state index < -0.39 is 23.8 Å². The van der Waals surface area contributed by atoms with Crippen molar-refractivity contribution >= 4 is 34.2 Å². The normalized spacial score (nSPS) is 30.1. The standard InChI is InChI=1S/C21H25NO5S/c1-3-27-21(26)17-13-8-10(2)4-7-14(13)28-19(17)22-18(23)15-11-5-6-12(9-11)16(15)20(24)25/h5-6,10-12,15-16H,3-4,7-9H2,1-2H3,(H,22,23)(H,24,25)/p-1/t10-,11-,12-,15+,16+/m0/s1. The van der Waals surface area contributed by atoms with Crippen molar-refractivity contribution in [3.05, 3.63) is 28.2 Å². The Kier molecular flexibility index (Phi) is 5.04. The molecule has 7 heteroatoms. The van der Waals surface area contributed by atoms with Gasteiger partial charge in [-0.1, -0.05) is 19.1 Å². The summed E-state index contributed by atoms with van der Waals surface area (Å²) in [6.07, 6.45) is 7.19. The highest BCUT2D eigenvalue weighted by Gasteiger charge is 2.49. The third kappa shape index (κ3) is 3.15. The van der Waals surface area contributed by atoms with E-state index in [0.29, 0.717) is 22.9 Å². The first-order chi connectivity index (χ1) is 13.4. The van der Waals surface area contributed by atoms with Gasteiger partial charge >= 0.3 is 5.97 Å². The molecule has 0 aromatic carbocycles. The highest BCUT2D eigenvalue weighted by atomic mass is 32.1. The second kappa shape index (κ2) is 7.35. The number of amides is 1. The van der Waals surface area contributed by atoms with E-state index in [0.717, 1.165) is 29.7 Å². The third-order valence-corrected chi connectivity index (χ3v) is 7.47. The lowest BCUT2D eigenvalue weighted by Gasteiger charge is -2.27. The van der Waals surface area contributed by atoms with Crippen molar-refractivity contribution in [1.82, 2.24) is 0 Å². The van der Waals surface area contributed by atoms with E-state index in [1.807, 2.05) is 12.2 Å². The molecule has 1 aromatic rings. The van der Waals surface area contributed by atoms with E-state index in [1.165, 1.54) is 11.3 Å². The fourth-order valence-corrected chi connectivity index (χ4v) is 6.20. The van der Waals surface area contributed by atoms with Gasteiger partial charge in [0.15, 0.2) is 0 Å². The number of thiophene rings is 1. The molecule has 3 aliphatic carbocycles. The summed E-state index contributed by atoms with van der Waals surface area (Å²) >= 11 is 1.42. The van der Waals surface area contributed by atoms with Crippen LogP contribution in [-0.2, 0) is 27.2 Å². The van der Waals surface area contributed by atoms with Crippen molar-refractivity contribution < 1.29 is 24.2 Å². The lowest BCUT2D eigenvalue weighted by Crippen LogP contribution is -2.42. The topological polar surface area (TPSA) is 95.5 Å². The molecule has 1 N–H and O–H groups in total. The molecule has 0 spiro atoms. The van der Waals surface area contributed by atoms with Gasteiger partial charge in [0.1, 0.15) is 5.00 Å². The molecule has 0 saturated heterocycles. The van der Waals surface area contributed by atoms with Gasteiger partial charge in [-0.05, 0) is 55.9 Å². The molecule has 0 radical (unpaired) electrons. The van der Waals surface area contributed by atoms with Crippen LogP contribution in [-0.4, -0.2) is 24.5 Å². The number of aliphatic carboxylic acids is 1. The smallest absolute Gasteiger partial charge is 0.341 e. The molecule has 28 heavy (non-hydrogen) atoms. The summed E-state index contributed by atoms with van der Waals surface area (Å²) in [7, 11) is 0. The first-order valence-corrected chi connectivity index (χ1v) is 10.7. The number of aryl methyl sites for hydroxylation is 1. The molecule has 1 heterocycles. The number of carbonyl (C=O) groups excluding carboxylic acids is 3. The summed E-state index contributed by atoms with van der Waals surface area (Å²) in [6, 6.07) is 0. The summed E-state index contributed by atoms with van der Waals surface area (Å²) in [6.45, 7) is 4.17. The maximum atomic E-state index is 13.0. The molecule has 1 fully saturated rings. The van der Waals surface area contributed by atoms with Gasteiger partial charge in [0.05, 0.1) is 18.1 Å². The van der Waals surface area contributed by atoms with E-state index in [9.17, 15) is 19.5 Å². The number of hydrogen-bond donors (Lipinski definition) is 1. The Morgan fingerprint density at radius 2 is 1.96 bits per heavy atom. The molecule has 1 amide bonds. The molecule has 150 valence electrons. The summed E-state index contributed by atoms with van der Waals surface area (Å²) < 4.78 is 5.25. The Bertz CT molecular complexity index is 857. The van der Waals surface area contributed by atoms with Crippen LogP contribution in [0.15, 0.2) is 12.2 Å². The predicted molar refractivity (Wildman–Crippen MR) is 103 cm³/mol. The van der Waals surface area contributed by atoms with Gasteiger partial charge in [0.2, 0.25) is 5.91 Å². The van der Waals surface area contributed by atoms with Crippen molar-refractivity contribution in [3.63, 3.8) is 0 Å². The van der Waals surface area contributed by atoms with Crippen LogP contribution in [0.2, 0.25) is 0 Å². The summed E-state index contributed by atoms with van der Waals surface area (Å²) in [5, 5.41) is 15.0. The van der Waals surface area contributed by atoms with Gasteiger partial charge in [-0.25, -0.2) is 4.79 Å². The van der Waals surface area contributed by atoms with Crippen molar-refractivity contribution in [3.8, 4) is 0 Å². The molecule has 1 saturated carbocycles. The highest BCUT2D eigenvalue weighted by molar-refractivity contribution is 7.17. The second-order valence-electron chi connectivity index (χ2n) is 8.08.